The van der Waals surface area contributed by atoms with E-state index in [0.717, 1.165) is 0 Å². The topological polar surface area (TPSA) is 58.6 Å². The lowest BCUT2D eigenvalue weighted by Crippen LogP contribution is -2.25. The number of anilines is 2. The molecule has 0 aliphatic carbocycles. The van der Waals surface area contributed by atoms with Crippen LogP contribution in [0, 0.1) is 5.82 Å². The zero-order valence-corrected chi connectivity index (χ0v) is 15.5. The number of hydrogen-bond acceptors (Lipinski definition) is 4. The molecule has 0 unspecified atom stereocenters. The predicted molar refractivity (Wildman–Crippen MR) is 105 cm³/mol. The first kappa shape index (κ1) is 18.6. The Hall–Kier alpha value is -3.19. The third-order valence-electron chi connectivity index (χ3n) is 3.93. The second-order valence-corrected chi connectivity index (χ2v) is 6.76. The van der Waals surface area contributed by atoms with Gasteiger partial charge in [0.05, 0.1) is 12.0 Å². The van der Waals surface area contributed by atoms with Crippen LogP contribution in [0.15, 0.2) is 60.7 Å². The molecule has 27 heavy (non-hydrogen) atoms. The van der Waals surface area contributed by atoms with Crippen molar-refractivity contribution < 1.29 is 18.7 Å². The van der Waals surface area contributed by atoms with Gasteiger partial charge in [0.15, 0.2) is 0 Å². The highest BCUT2D eigenvalue weighted by atomic mass is 32.1. The van der Waals surface area contributed by atoms with Gasteiger partial charge in [-0.15, -0.1) is 11.3 Å². The van der Waals surface area contributed by atoms with Gasteiger partial charge in [-0.1, -0.05) is 18.2 Å². The van der Waals surface area contributed by atoms with Crippen LogP contribution < -0.4 is 10.2 Å². The predicted octanol–water partition coefficient (Wildman–Crippen LogP) is 5.01. The van der Waals surface area contributed by atoms with Crippen molar-refractivity contribution in [2.75, 3.05) is 24.4 Å². The van der Waals surface area contributed by atoms with E-state index >= 15 is 0 Å². The van der Waals surface area contributed by atoms with E-state index in [2.05, 4.69) is 10.1 Å². The molecule has 5 nitrogen and oxygen atoms in total. The number of rotatable bonds is 4. The molecule has 1 heterocycles. The molecule has 0 saturated heterocycles. The molecular weight excluding hydrogens is 367 g/mol. The summed E-state index contributed by atoms with van der Waals surface area (Å²) in [6.45, 7) is 0. The second-order valence-electron chi connectivity index (χ2n) is 5.67. The van der Waals surface area contributed by atoms with Crippen molar-refractivity contribution >= 4 is 34.7 Å². The number of hydrogen-bond donors (Lipinski definition) is 1. The number of nitrogens with one attached hydrogen (secondary N) is 1. The molecule has 2 amide bonds. The Kier molecular flexibility index (Phi) is 5.52. The molecule has 0 spiro atoms. The molecule has 3 rings (SSSR count). The highest BCUT2D eigenvalue weighted by molar-refractivity contribution is 7.17. The van der Waals surface area contributed by atoms with Crippen LogP contribution in [0.25, 0.3) is 10.4 Å². The molecule has 0 saturated carbocycles. The smallest absolute Gasteiger partial charge is 0.413 e. The van der Waals surface area contributed by atoms with Crippen LogP contribution >= 0.6 is 11.3 Å². The maximum atomic E-state index is 13.9. The molecular formula is C20H17FN2O3S. The Balaban J connectivity index is 1.71. The van der Waals surface area contributed by atoms with Crippen molar-refractivity contribution in [3.8, 4) is 10.4 Å². The molecule has 1 aromatic heterocycles. The average molecular weight is 384 g/mol. The summed E-state index contributed by atoms with van der Waals surface area (Å²) in [6, 6.07) is 16.6. The van der Waals surface area contributed by atoms with Crippen LogP contribution in [-0.4, -0.2) is 26.2 Å². The quantitative estimate of drug-likeness (QED) is 0.688. The van der Waals surface area contributed by atoms with Gasteiger partial charge < -0.3 is 10.1 Å². The third-order valence-corrected chi connectivity index (χ3v) is 5.05. The fraction of sp³-hybridized carbons (Fsp3) is 0.100. The van der Waals surface area contributed by atoms with Crippen molar-refractivity contribution in [1.82, 2.24) is 0 Å². The molecule has 0 atom stereocenters. The van der Waals surface area contributed by atoms with Crippen LogP contribution in [0.1, 0.15) is 9.67 Å². The van der Waals surface area contributed by atoms with Crippen LogP contribution in [0.3, 0.4) is 0 Å². The van der Waals surface area contributed by atoms with E-state index in [1.54, 1.807) is 61.6 Å². The van der Waals surface area contributed by atoms with Gasteiger partial charge in [0.2, 0.25) is 0 Å². The number of carbonyl (C=O) groups is 2. The summed E-state index contributed by atoms with van der Waals surface area (Å²) in [6.07, 6.45) is -0.481. The lowest BCUT2D eigenvalue weighted by molar-refractivity contribution is 0.103. The highest BCUT2D eigenvalue weighted by Gasteiger charge is 2.14. The van der Waals surface area contributed by atoms with Gasteiger partial charge in [-0.2, -0.15) is 0 Å². The number of ether oxygens (including phenoxy) is 1. The first-order chi connectivity index (χ1) is 13.0. The van der Waals surface area contributed by atoms with Gasteiger partial charge in [0, 0.05) is 28.9 Å². The van der Waals surface area contributed by atoms with Crippen molar-refractivity contribution in [2.24, 2.45) is 0 Å². The maximum Gasteiger partial charge on any atom is 0.413 e. The molecule has 0 aliphatic heterocycles. The first-order valence-corrected chi connectivity index (χ1v) is 8.89. The largest absolute Gasteiger partial charge is 0.452 e. The zero-order valence-electron chi connectivity index (χ0n) is 14.7. The Bertz CT molecular complexity index is 969. The van der Waals surface area contributed by atoms with E-state index in [1.807, 2.05) is 0 Å². The van der Waals surface area contributed by atoms with Crippen LogP contribution in [0.4, 0.5) is 20.6 Å². The Labute approximate surface area is 160 Å². The first-order valence-electron chi connectivity index (χ1n) is 8.07. The summed E-state index contributed by atoms with van der Waals surface area (Å²) in [7, 11) is 2.90. The number of nitrogens with zero attached hydrogens (tertiary/aromatic N) is 1. The zero-order chi connectivity index (χ0) is 19.4. The number of amides is 2. The maximum absolute atomic E-state index is 13.9. The minimum atomic E-state index is -0.481. The lowest BCUT2D eigenvalue weighted by Gasteiger charge is -2.15. The van der Waals surface area contributed by atoms with E-state index in [4.69, 9.17) is 0 Å². The molecule has 138 valence electrons. The van der Waals surface area contributed by atoms with Gasteiger partial charge in [-0.05, 0) is 42.5 Å². The minimum absolute atomic E-state index is 0.281. The molecule has 3 aromatic rings. The van der Waals surface area contributed by atoms with Crippen molar-refractivity contribution in [1.29, 1.82) is 0 Å². The van der Waals surface area contributed by atoms with E-state index in [0.29, 0.717) is 26.7 Å². The number of methoxy groups -OCH3 is 1. The molecule has 7 heteroatoms. The number of halogens is 1. The van der Waals surface area contributed by atoms with Gasteiger partial charge in [-0.3, -0.25) is 9.69 Å². The SMILES string of the molecule is COC(=O)N(C)c1ccc(NC(=O)c2ccc(-c3ccccc3F)s2)cc1. The Morgan fingerprint density at radius 2 is 1.74 bits per heavy atom. The monoisotopic (exact) mass is 384 g/mol. The van der Waals surface area contributed by atoms with E-state index in [9.17, 15) is 14.0 Å². The number of thiophene rings is 1. The fourth-order valence-corrected chi connectivity index (χ4v) is 3.40. The third kappa shape index (κ3) is 4.15. The molecule has 1 N–H and O–H groups in total. The Morgan fingerprint density at radius 1 is 1.04 bits per heavy atom. The van der Waals surface area contributed by atoms with Gasteiger partial charge in [0.25, 0.3) is 5.91 Å². The van der Waals surface area contributed by atoms with E-state index in [1.165, 1.54) is 29.4 Å². The van der Waals surface area contributed by atoms with Crippen molar-refractivity contribution in [3.05, 3.63) is 71.4 Å². The molecule has 0 radical (unpaired) electrons. The standard InChI is InChI=1S/C20H17FN2O3S/c1-23(20(25)26-2)14-9-7-13(8-10-14)22-19(24)18-12-11-17(27-18)15-5-3-4-6-16(15)21/h3-12H,1-2H3,(H,22,24). The molecule has 0 bridgehead atoms. The summed E-state index contributed by atoms with van der Waals surface area (Å²) in [5.74, 6) is -0.603. The summed E-state index contributed by atoms with van der Waals surface area (Å²) in [5.41, 5.74) is 1.69. The van der Waals surface area contributed by atoms with Crippen LogP contribution in [0.5, 0.6) is 0 Å². The van der Waals surface area contributed by atoms with E-state index < -0.39 is 6.09 Å². The fourth-order valence-electron chi connectivity index (χ4n) is 2.47. The van der Waals surface area contributed by atoms with Gasteiger partial charge in [-0.25, -0.2) is 9.18 Å². The number of benzene rings is 2. The Morgan fingerprint density at radius 3 is 2.41 bits per heavy atom. The minimum Gasteiger partial charge on any atom is -0.452 e. The summed E-state index contributed by atoms with van der Waals surface area (Å²) in [5, 5.41) is 2.79. The lowest BCUT2D eigenvalue weighted by atomic mass is 10.2. The average Bonchev–Trinajstić information content (AvgIpc) is 3.18. The van der Waals surface area contributed by atoms with Gasteiger partial charge >= 0.3 is 6.09 Å². The van der Waals surface area contributed by atoms with Gasteiger partial charge in [0.1, 0.15) is 5.82 Å². The van der Waals surface area contributed by atoms with Crippen molar-refractivity contribution in [3.63, 3.8) is 0 Å². The normalized spacial score (nSPS) is 10.3. The summed E-state index contributed by atoms with van der Waals surface area (Å²) < 4.78 is 18.5. The van der Waals surface area contributed by atoms with E-state index in [-0.39, 0.29) is 11.7 Å². The highest BCUT2D eigenvalue weighted by Crippen LogP contribution is 2.30. The van der Waals surface area contributed by atoms with Crippen LogP contribution in [0.2, 0.25) is 0 Å². The number of carbonyl (C=O) groups excluding carboxylic acids is 2. The summed E-state index contributed by atoms with van der Waals surface area (Å²) >= 11 is 1.22. The van der Waals surface area contributed by atoms with Crippen molar-refractivity contribution in [2.45, 2.75) is 0 Å². The second kappa shape index (κ2) is 8.01. The van der Waals surface area contributed by atoms with Crippen LogP contribution in [-0.2, 0) is 4.74 Å². The molecule has 0 fully saturated rings. The molecule has 2 aromatic carbocycles. The summed E-state index contributed by atoms with van der Waals surface area (Å²) in [4.78, 5) is 26.5. The molecule has 0 aliphatic rings.